The third-order valence-electron chi connectivity index (χ3n) is 4.73. The molecule has 1 spiro atoms. The number of likely N-dealkylation sites (N-methyl/N-ethyl adjacent to an activating group) is 1. The fourth-order valence-corrected chi connectivity index (χ4v) is 3.47. The maximum atomic E-state index is 6.34. The summed E-state index contributed by atoms with van der Waals surface area (Å²) in [7, 11) is 2.24. The van der Waals surface area contributed by atoms with Crippen LogP contribution in [-0.2, 0) is 4.74 Å². The highest BCUT2D eigenvalue weighted by Gasteiger charge is 2.42. The van der Waals surface area contributed by atoms with Crippen molar-refractivity contribution >= 4 is 0 Å². The van der Waals surface area contributed by atoms with E-state index >= 15 is 0 Å². The van der Waals surface area contributed by atoms with Crippen molar-refractivity contribution in [1.29, 1.82) is 0 Å². The standard InChI is InChI=1S/C13H24N2O/c1-15(11-8-14-9-11)10-12-4-7-13(16-12)5-2-3-6-13/h11-12,14H,2-10H2,1H3. The number of nitrogens with one attached hydrogen (secondary N) is 1. The van der Waals surface area contributed by atoms with Crippen LogP contribution in [0.4, 0.5) is 0 Å². The maximum absolute atomic E-state index is 6.34. The van der Waals surface area contributed by atoms with Gasteiger partial charge in [-0.3, -0.25) is 4.90 Å². The van der Waals surface area contributed by atoms with Crippen LogP contribution in [0.2, 0.25) is 0 Å². The smallest absolute Gasteiger partial charge is 0.0710 e. The van der Waals surface area contributed by atoms with Gasteiger partial charge in [0.05, 0.1) is 11.7 Å². The van der Waals surface area contributed by atoms with Gasteiger partial charge < -0.3 is 10.1 Å². The highest BCUT2D eigenvalue weighted by Crippen LogP contribution is 2.43. The fraction of sp³-hybridized carbons (Fsp3) is 1.00. The zero-order valence-corrected chi connectivity index (χ0v) is 10.4. The van der Waals surface area contributed by atoms with Gasteiger partial charge in [0, 0.05) is 25.7 Å². The van der Waals surface area contributed by atoms with Crippen molar-refractivity contribution < 1.29 is 4.74 Å². The van der Waals surface area contributed by atoms with Crippen LogP contribution in [-0.4, -0.2) is 49.3 Å². The molecule has 0 bridgehead atoms. The van der Waals surface area contributed by atoms with Gasteiger partial charge in [-0.05, 0) is 32.7 Å². The van der Waals surface area contributed by atoms with Gasteiger partial charge in [-0.2, -0.15) is 0 Å². The zero-order chi connectivity index (χ0) is 11.0. The van der Waals surface area contributed by atoms with E-state index in [1.165, 1.54) is 38.5 Å². The molecule has 2 heterocycles. The third kappa shape index (κ3) is 2.01. The SMILES string of the molecule is CN(CC1CCC2(CCCC2)O1)C1CNC1. The van der Waals surface area contributed by atoms with Crippen molar-refractivity contribution in [2.24, 2.45) is 0 Å². The lowest BCUT2D eigenvalue weighted by atomic mass is 9.98. The van der Waals surface area contributed by atoms with Gasteiger partial charge in [-0.15, -0.1) is 0 Å². The lowest BCUT2D eigenvalue weighted by Gasteiger charge is -2.37. The van der Waals surface area contributed by atoms with Crippen molar-refractivity contribution in [2.45, 2.75) is 56.3 Å². The van der Waals surface area contributed by atoms with Crippen LogP contribution in [0.15, 0.2) is 0 Å². The van der Waals surface area contributed by atoms with Gasteiger partial charge in [-0.1, -0.05) is 12.8 Å². The number of hydrogen-bond acceptors (Lipinski definition) is 3. The van der Waals surface area contributed by atoms with E-state index in [-0.39, 0.29) is 0 Å². The molecule has 0 aromatic heterocycles. The monoisotopic (exact) mass is 224 g/mol. The Labute approximate surface area is 98.5 Å². The summed E-state index contributed by atoms with van der Waals surface area (Å²) >= 11 is 0. The molecule has 3 nitrogen and oxygen atoms in total. The minimum absolute atomic E-state index is 0.309. The average molecular weight is 224 g/mol. The highest BCUT2D eigenvalue weighted by atomic mass is 16.5. The maximum Gasteiger partial charge on any atom is 0.0710 e. The Bertz CT molecular complexity index is 246. The predicted octanol–water partition coefficient (Wildman–Crippen LogP) is 1.38. The van der Waals surface area contributed by atoms with Gasteiger partial charge in [0.15, 0.2) is 0 Å². The fourth-order valence-electron chi connectivity index (χ4n) is 3.47. The molecule has 92 valence electrons. The first-order chi connectivity index (χ1) is 7.77. The first-order valence-corrected chi connectivity index (χ1v) is 6.86. The number of nitrogens with zero attached hydrogens (tertiary/aromatic N) is 1. The van der Waals surface area contributed by atoms with Crippen LogP contribution < -0.4 is 5.32 Å². The van der Waals surface area contributed by atoms with E-state index in [1.807, 2.05) is 0 Å². The summed E-state index contributed by atoms with van der Waals surface area (Å²) < 4.78 is 6.34. The predicted molar refractivity (Wildman–Crippen MR) is 64.6 cm³/mol. The lowest BCUT2D eigenvalue weighted by molar-refractivity contribution is -0.0503. The topological polar surface area (TPSA) is 24.5 Å². The largest absolute Gasteiger partial charge is 0.370 e. The summed E-state index contributed by atoms with van der Waals surface area (Å²) in [5.74, 6) is 0. The van der Waals surface area contributed by atoms with Crippen LogP contribution >= 0.6 is 0 Å². The molecule has 0 amide bonds. The Morgan fingerprint density at radius 3 is 2.62 bits per heavy atom. The molecule has 3 rings (SSSR count). The molecule has 1 atom stereocenters. The van der Waals surface area contributed by atoms with E-state index in [9.17, 15) is 0 Å². The van der Waals surface area contributed by atoms with Crippen molar-refractivity contribution in [3.05, 3.63) is 0 Å². The van der Waals surface area contributed by atoms with Gasteiger partial charge in [0.2, 0.25) is 0 Å². The van der Waals surface area contributed by atoms with Crippen LogP contribution in [0.1, 0.15) is 38.5 Å². The average Bonchev–Trinajstić information content (AvgIpc) is 2.75. The zero-order valence-electron chi connectivity index (χ0n) is 10.4. The third-order valence-corrected chi connectivity index (χ3v) is 4.73. The van der Waals surface area contributed by atoms with E-state index in [2.05, 4.69) is 17.3 Å². The molecule has 0 aromatic rings. The first kappa shape index (κ1) is 11.0. The summed E-state index contributed by atoms with van der Waals surface area (Å²) in [5.41, 5.74) is 0.309. The minimum atomic E-state index is 0.309. The Hall–Kier alpha value is -0.120. The summed E-state index contributed by atoms with van der Waals surface area (Å²) in [4.78, 5) is 2.48. The van der Waals surface area contributed by atoms with Crippen LogP contribution in [0, 0.1) is 0 Å². The molecular weight excluding hydrogens is 200 g/mol. The Morgan fingerprint density at radius 2 is 2.00 bits per heavy atom. The molecule has 3 heteroatoms. The van der Waals surface area contributed by atoms with E-state index < -0.39 is 0 Å². The van der Waals surface area contributed by atoms with E-state index in [0.29, 0.717) is 11.7 Å². The first-order valence-electron chi connectivity index (χ1n) is 6.86. The van der Waals surface area contributed by atoms with Crippen LogP contribution in [0.3, 0.4) is 0 Å². The van der Waals surface area contributed by atoms with E-state index in [1.54, 1.807) is 0 Å². The van der Waals surface area contributed by atoms with Crippen LogP contribution in [0.25, 0.3) is 0 Å². The summed E-state index contributed by atoms with van der Waals surface area (Å²) in [6.45, 7) is 3.46. The second-order valence-corrected chi connectivity index (χ2v) is 5.92. The lowest BCUT2D eigenvalue weighted by Crippen LogP contribution is -2.57. The number of rotatable bonds is 3. The second kappa shape index (κ2) is 4.28. The summed E-state index contributed by atoms with van der Waals surface area (Å²) in [5, 5.41) is 3.33. The molecule has 16 heavy (non-hydrogen) atoms. The molecule has 3 fully saturated rings. The van der Waals surface area contributed by atoms with Gasteiger partial charge in [0.25, 0.3) is 0 Å². The quantitative estimate of drug-likeness (QED) is 0.784. The molecule has 3 aliphatic rings. The van der Waals surface area contributed by atoms with Crippen molar-refractivity contribution in [2.75, 3.05) is 26.7 Å². The second-order valence-electron chi connectivity index (χ2n) is 5.92. The molecule has 1 unspecified atom stereocenters. The van der Waals surface area contributed by atoms with Crippen LogP contribution in [0.5, 0.6) is 0 Å². The Balaban J connectivity index is 1.49. The number of hydrogen-bond donors (Lipinski definition) is 1. The Kier molecular flexibility index (Phi) is 2.94. The van der Waals surface area contributed by atoms with Gasteiger partial charge >= 0.3 is 0 Å². The van der Waals surface area contributed by atoms with Gasteiger partial charge in [0.1, 0.15) is 0 Å². The van der Waals surface area contributed by atoms with Crippen molar-refractivity contribution in [1.82, 2.24) is 10.2 Å². The van der Waals surface area contributed by atoms with E-state index in [4.69, 9.17) is 4.74 Å². The van der Waals surface area contributed by atoms with Crippen molar-refractivity contribution in [3.8, 4) is 0 Å². The molecule has 1 N–H and O–H groups in total. The van der Waals surface area contributed by atoms with Crippen molar-refractivity contribution in [3.63, 3.8) is 0 Å². The normalized spacial score (nSPS) is 33.8. The molecule has 0 radical (unpaired) electrons. The molecule has 2 aliphatic heterocycles. The molecule has 1 saturated carbocycles. The highest BCUT2D eigenvalue weighted by molar-refractivity contribution is 4.94. The Morgan fingerprint density at radius 1 is 1.25 bits per heavy atom. The number of ether oxygens (including phenoxy) is 1. The van der Waals surface area contributed by atoms with Gasteiger partial charge in [-0.25, -0.2) is 0 Å². The van der Waals surface area contributed by atoms with E-state index in [0.717, 1.165) is 25.7 Å². The molecule has 0 aromatic carbocycles. The molecule has 2 saturated heterocycles. The summed E-state index contributed by atoms with van der Waals surface area (Å²) in [6.07, 6.45) is 8.50. The summed E-state index contributed by atoms with van der Waals surface area (Å²) in [6, 6.07) is 0.753. The molecular formula is C13H24N2O. The minimum Gasteiger partial charge on any atom is -0.370 e. The molecule has 1 aliphatic carbocycles.